The first-order chi connectivity index (χ1) is 10.8. The van der Waals surface area contributed by atoms with Gasteiger partial charge < -0.3 is 0 Å². The third-order valence-electron chi connectivity index (χ3n) is 3.94. The molecule has 1 heterocycles. The molecule has 22 heavy (non-hydrogen) atoms. The monoisotopic (exact) mass is 285 g/mol. The highest BCUT2D eigenvalue weighted by atomic mass is 16.1. The largest absolute Gasteiger partial charge is 0.289 e. The second kappa shape index (κ2) is 4.74. The predicted octanol–water partition coefficient (Wildman–Crippen LogP) is 3.52. The summed E-state index contributed by atoms with van der Waals surface area (Å²) in [6.07, 6.45) is 3.36. The van der Waals surface area contributed by atoms with Gasteiger partial charge in [0.25, 0.3) is 0 Å². The topological polar surface area (TPSA) is 47.0 Å². The van der Waals surface area contributed by atoms with Crippen molar-refractivity contribution in [3.05, 3.63) is 89.2 Å². The van der Waals surface area contributed by atoms with E-state index < -0.39 is 0 Å². The average molecular weight is 285 g/mol. The molecule has 1 aliphatic carbocycles. The molecule has 0 saturated heterocycles. The molecule has 0 amide bonds. The fourth-order valence-corrected chi connectivity index (χ4v) is 2.92. The molecular weight excluding hydrogens is 274 g/mol. The molecule has 0 saturated carbocycles. The summed E-state index contributed by atoms with van der Waals surface area (Å²) in [4.78, 5) is 29.6. The van der Waals surface area contributed by atoms with Crippen molar-refractivity contribution in [2.75, 3.05) is 0 Å². The molecular formula is C19H11NO2. The van der Waals surface area contributed by atoms with Crippen LogP contribution in [0.3, 0.4) is 0 Å². The summed E-state index contributed by atoms with van der Waals surface area (Å²) in [5.74, 6) is -0.196. The van der Waals surface area contributed by atoms with Crippen LogP contribution in [-0.4, -0.2) is 16.6 Å². The Morgan fingerprint density at radius 1 is 0.591 bits per heavy atom. The Hall–Kier alpha value is -3.07. The van der Waals surface area contributed by atoms with E-state index in [2.05, 4.69) is 4.98 Å². The van der Waals surface area contributed by atoms with E-state index in [-0.39, 0.29) is 11.6 Å². The van der Waals surface area contributed by atoms with E-state index in [4.69, 9.17) is 0 Å². The Morgan fingerprint density at radius 2 is 1.18 bits per heavy atom. The number of pyridine rings is 1. The molecule has 2 aromatic carbocycles. The van der Waals surface area contributed by atoms with Crippen LogP contribution < -0.4 is 0 Å². The van der Waals surface area contributed by atoms with Crippen LogP contribution in [0.25, 0.3) is 11.1 Å². The first kappa shape index (κ1) is 12.7. The van der Waals surface area contributed by atoms with Crippen LogP contribution in [0.2, 0.25) is 0 Å². The number of carbonyl (C=O) groups excluding carboxylic acids is 2. The molecule has 3 nitrogen and oxygen atoms in total. The zero-order chi connectivity index (χ0) is 15.1. The molecule has 0 spiro atoms. The van der Waals surface area contributed by atoms with Crippen LogP contribution in [0.15, 0.2) is 67.0 Å². The lowest BCUT2D eigenvalue weighted by Gasteiger charge is -2.20. The van der Waals surface area contributed by atoms with Gasteiger partial charge in [-0.25, -0.2) is 0 Å². The third-order valence-corrected chi connectivity index (χ3v) is 3.94. The second-order valence-corrected chi connectivity index (χ2v) is 5.17. The fraction of sp³-hybridized carbons (Fsp3) is 0. The molecule has 0 bridgehead atoms. The van der Waals surface area contributed by atoms with E-state index >= 15 is 0 Å². The summed E-state index contributed by atoms with van der Waals surface area (Å²) in [5.41, 5.74) is 3.56. The molecule has 3 heteroatoms. The SMILES string of the molecule is O=C1c2ccccc2C(=O)c2c1cccc2-c1ccncc1. The maximum absolute atomic E-state index is 12.9. The Kier molecular flexibility index (Phi) is 2.73. The quantitative estimate of drug-likeness (QED) is 0.537. The van der Waals surface area contributed by atoms with Gasteiger partial charge >= 0.3 is 0 Å². The van der Waals surface area contributed by atoms with Gasteiger partial charge in [-0.3, -0.25) is 14.6 Å². The van der Waals surface area contributed by atoms with Crippen molar-refractivity contribution in [2.24, 2.45) is 0 Å². The summed E-state index contributed by atoms with van der Waals surface area (Å²) in [5, 5.41) is 0. The smallest absolute Gasteiger partial charge is 0.195 e. The highest BCUT2D eigenvalue weighted by Crippen LogP contribution is 2.34. The summed E-state index contributed by atoms with van der Waals surface area (Å²) < 4.78 is 0. The number of rotatable bonds is 1. The van der Waals surface area contributed by atoms with E-state index in [9.17, 15) is 9.59 Å². The number of hydrogen-bond acceptors (Lipinski definition) is 3. The van der Waals surface area contributed by atoms with Crippen molar-refractivity contribution in [2.45, 2.75) is 0 Å². The fourth-order valence-electron chi connectivity index (χ4n) is 2.92. The van der Waals surface area contributed by atoms with Gasteiger partial charge in [-0.1, -0.05) is 42.5 Å². The van der Waals surface area contributed by atoms with Gasteiger partial charge in [0.1, 0.15) is 0 Å². The number of fused-ring (bicyclic) bond motifs is 2. The predicted molar refractivity (Wildman–Crippen MR) is 83.0 cm³/mol. The van der Waals surface area contributed by atoms with Crippen molar-refractivity contribution < 1.29 is 9.59 Å². The zero-order valence-electron chi connectivity index (χ0n) is 11.6. The number of benzene rings is 2. The molecule has 104 valence electrons. The highest BCUT2D eigenvalue weighted by Gasteiger charge is 2.31. The number of carbonyl (C=O) groups is 2. The van der Waals surface area contributed by atoms with Crippen LogP contribution in [0.5, 0.6) is 0 Å². The van der Waals surface area contributed by atoms with Crippen molar-refractivity contribution in [3.63, 3.8) is 0 Å². The summed E-state index contributed by atoms with van der Waals surface area (Å²) in [6.45, 7) is 0. The molecule has 1 aromatic heterocycles. The van der Waals surface area contributed by atoms with Gasteiger partial charge in [0.2, 0.25) is 0 Å². The molecule has 0 radical (unpaired) electrons. The van der Waals surface area contributed by atoms with Crippen molar-refractivity contribution in [1.29, 1.82) is 0 Å². The van der Waals surface area contributed by atoms with Crippen LogP contribution in [0.4, 0.5) is 0 Å². The summed E-state index contributed by atoms with van der Waals surface area (Å²) >= 11 is 0. The van der Waals surface area contributed by atoms with E-state index in [1.165, 1.54) is 0 Å². The standard InChI is InChI=1S/C19H11NO2/c21-18-14-4-1-2-5-15(14)19(22)17-13(6-3-7-16(17)18)12-8-10-20-11-9-12/h1-11H. The molecule has 0 aliphatic heterocycles. The van der Waals surface area contributed by atoms with Crippen molar-refractivity contribution in [1.82, 2.24) is 4.98 Å². The molecule has 0 atom stereocenters. The van der Waals surface area contributed by atoms with Crippen LogP contribution in [0, 0.1) is 0 Å². The normalized spacial score (nSPS) is 12.7. The van der Waals surface area contributed by atoms with Crippen molar-refractivity contribution >= 4 is 11.6 Å². The maximum Gasteiger partial charge on any atom is 0.195 e. The molecule has 3 aromatic rings. The lowest BCUT2D eigenvalue weighted by molar-refractivity contribution is 0.0979. The number of ketones is 2. The van der Waals surface area contributed by atoms with E-state index in [1.54, 1.807) is 42.7 Å². The van der Waals surface area contributed by atoms with E-state index in [0.717, 1.165) is 11.1 Å². The van der Waals surface area contributed by atoms with Gasteiger partial charge in [-0.2, -0.15) is 0 Å². The minimum atomic E-state index is -0.0994. The summed E-state index contributed by atoms with van der Waals surface area (Å²) in [7, 11) is 0. The van der Waals surface area contributed by atoms with Gasteiger partial charge in [-0.05, 0) is 23.3 Å². The van der Waals surface area contributed by atoms with Crippen LogP contribution >= 0.6 is 0 Å². The molecule has 0 fully saturated rings. The molecule has 0 N–H and O–H groups in total. The van der Waals surface area contributed by atoms with E-state index in [0.29, 0.717) is 22.3 Å². The third kappa shape index (κ3) is 1.72. The van der Waals surface area contributed by atoms with Crippen LogP contribution in [0.1, 0.15) is 31.8 Å². The molecule has 0 unspecified atom stereocenters. The first-order valence-corrected chi connectivity index (χ1v) is 6.99. The number of aromatic nitrogens is 1. The Morgan fingerprint density at radius 3 is 1.91 bits per heavy atom. The van der Waals surface area contributed by atoms with Crippen molar-refractivity contribution in [3.8, 4) is 11.1 Å². The summed E-state index contributed by atoms with van der Waals surface area (Å²) in [6, 6.07) is 16.1. The minimum Gasteiger partial charge on any atom is -0.289 e. The first-order valence-electron chi connectivity index (χ1n) is 6.99. The lowest BCUT2D eigenvalue weighted by Crippen LogP contribution is -2.21. The Balaban J connectivity index is 2.02. The average Bonchev–Trinajstić information content (AvgIpc) is 2.60. The molecule has 4 rings (SSSR count). The maximum atomic E-state index is 12.9. The second-order valence-electron chi connectivity index (χ2n) is 5.17. The Labute approximate surface area is 127 Å². The highest BCUT2D eigenvalue weighted by molar-refractivity contribution is 6.30. The minimum absolute atomic E-state index is 0.0962. The van der Waals surface area contributed by atoms with Gasteiger partial charge in [0.05, 0.1) is 0 Å². The Bertz CT molecular complexity index is 914. The zero-order valence-corrected chi connectivity index (χ0v) is 11.6. The lowest BCUT2D eigenvalue weighted by atomic mass is 9.80. The number of hydrogen-bond donors (Lipinski definition) is 0. The van der Waals surface area contributed by atoms with Crippen LogP contribution in [-0.2, 0) is 0 Å². The van der Waals surface area contributed by atoms with Gasteiger partial charge in [0.15, 0.2) is 11.6 Å². The van der Waals surface area contributed by atoms with E-state index in [1.807, 2.05) is 24.3 Å². The number of nitrogens with zero attached hydrogens (tertiary/aromatic N) is 1. The van der Waals surface area contributed by atoms with Gasteiger partial charge in [0, 0.05) is 34.6 Å². The van der Waals surface area contributed by atoms with Gasteiger partial charge in [-0.15, -0.1) is 0 Å². The molecule has 1 aliphatic rings.